The van der Waals surface area contributed by atoms with Crippen LogP contribution in [0, 0.1) is 5.41 Å². The first-order chi connectivity index (χ1) is 13.5. The van der Waals surface area contributed by atoms with E-state index < -0.39 is 54.2 Å². The van der Waals surface area contributed by atoms with Crippen LogP contribution >= 0.6 is 0 Å². The van der Waals surface area contributed by atoms with Crippen LogP contribution in [0.15, 0.2) is 48.8 Å². The Morgan fingerprint density at radius 2 is 1.17 bits per heavy atom. The minimum atomic E-state index is -2.44. The smallest absolute Gasteiger partial charge is 0.331 e. The van der Waals surface area contributed by atoms with Crippen LogP contribution in [0.1, 0.15) is 0 Å². The van der Waals surface area contributed by atoms with E-state index >= 15 is 0 Å². The first kappa shape index (κ1) is 25.5. The van der Waals surface area contributed by atoms with Gasteiger partial charge in [0.15, 0.2) is 5.60 Å². The summed E-state index contributed by atoms with van der Waals surface area (Å²) in [5.41, 5.74) is -4.79. The third-order valence-electron chi connectivity index (χ3n) is 3.75. The van der Waals surface area contributed by atoms with Gasteiger partial charge in [-0.25, -0.2) is 19.2 Å². The van der Waals surface area contributed by atoms with Crippen molar-refractivity contribution >= 4 is 23.9 Å². The van der Waals surface area contributed by atoms with E-state index in [4.69, 9.17) is 25.2 Å². The average molecular weight is 416 g/mol. The van der Waals surface area contributed by atoms with Crippen molar-refractivity contribution in [3.8, 4) is 0 Å². The van der Waals surface area contributed by atoms with Crippen LogP contribution in [-0.4, -0.2) is 84.5 Å². The monoisotopic (exact) mass is 416 g/mol. The summed E-state index contributed by atoms with van der Waals surface area (Å²) in [4.78, 5) is 43.4. The molecule has 0 rings (SSSR count). The van der Waals surface area contributed by atoms with E-state index in [0.717, 1.165) is 0 Å². The molecule has 12 nitrogen and oxygen atoms in total. The Kier molecular flexibility index (Phi) is 10.0. The second kappa shape index (κ2) is 11.4. The van der Waals surface area contributed by atoms with Crippen LogP contribution in [-0.2, 0) is 23.9 Å². The second-order valence-electron chi connectivity index (χ2n) is 5.51. The van der Waals surface area contributed by atoms with Gasteiger partial charge in [-0.3, -0.25) is 0 Å². The fourth-order valence-electron chi connectivity index (χ4n) is 2.25. The molecule has 0 aromatic heterocycles. The van der Waals surface area contributed by atoms with Gasteiger partial charge in [0.05, 0.1) is 37.1 Å². The highest BCUT2D eigenvalue weighted by molar-refractivity contribution is 5.82. The molecule has 0 amide bonds. The summed E-state index contributed by atoms with van der Waals surface area (Å²) in [6.07, 6.45) is 2.22. The molecule has 0 bridgehead atoms. The molecule has 0 spiro atoms. The molecule has 160 valence electrons. The molecule has 0 aliphatic carbocycles. The molecule has 0 aromatic carbocycles. The van der Waals surface area contributed by atoms with E-state index in [-0.39, 0.29) is 0 Å². The Labute approximate surface area is 163 Å². The van der Waals surface area contributed by atoms with Crippen LogP contribution in [0.5, 0.6) is 0 Å². The maximum atomic E-state index is 11.0. The number of aliphatic hydroxyl groups is 3. The van der Waals surface area contributed by atoms with Crippen LogP contribution in [0.3, 0.4) is 0 Å². The first-order valence-electron chi connectivity index (χ1n) is 7.69. The minimum absolute atomic E-state index is 0.439. The van der Waals surface area contributed by atoms with Crippen LogP contribution < -0.4 is 0 Å². The Hall–Kier alpha value is -3.48. The summed E-state index contributed by atoms with van der Waals surface area (Å²) < 4.78 is 5.19. The highest BCUT2D eigenvalue weighted by atomic mass is 16.5. The van der Waals surface area contributed by atoms with E-state index in [0.29, 0.717) is 48.8 Å². The predicted octanol–water partition coefficient (Wildman–Crippen LogP) is -1.41. The molecule has 0 saturated heterocycles. The molecular weight excluding hydrogens is 396 g/mol. The SMILES string of the molecule is O=C(O)C=COC(C=CC(=O)O)(C=CC(=O)O)C(CO)(CO)C(O)C=CC(=O)O. The van der Waals surface area contributed by atoms with Gasteiger partial charge in [-0.05, 0) is 18.2 Å². The topological polar surface area (TPSA) is 219 Å². The van der Waals surface area contributed by atoms with Gasteiger partial charge in [0.25, 0.3) is 0 Å². The van der Waals surface area contributed by atoms with Crippen molar-refractivity contribution in [3.63, 3.8) is 0 Å². The number of aliphatic hydroxyl groups excluding tert-OH is 3. The number of aliphatic carboxylic acids is 4. The highest BCUT2D eigenvalue weighted by Gasteiger charge is 2.54. The third kappa shape index (κ3) is 7.21. The van der Waals surface area contributed by atoms with Crippen molar-refractivity contribution in [2.45, 2.75) is 11.7 Å². The van der Waals surface area contributed by atoms with E-state index in [1.165, 1.54) is 0 Å². The number of carboxylic acids is 4. The zero-order chi connectivity index (χ0) is 22.7. The van der Waals surface area contributed by atoms with Gasteiger partial charge < -0.3 is 40.5 Å². The Morgan fingerprint density at radius 1 is 0.759 bits per heavy atom. The summed E-state index contributed by atoms with van der Waals surface area (Å²) in [5, 5.41) is 65.5. The number of carboxylic acid groups (broad SMARTS) is 4. The number of hydrogen-bond donors (Lipinski definition) is 7. The van der Waals surface area contributed by atoms with Gasteiger partial charge in [0.1, 0.15) is 0 Å². The Balaban J connectivity index is 6.87. The standard InChI is InChI=1S/C17H20O12/c18-9-16(10-19,11(20)1-2-12(21)22)17(6-3-13(23)24,7-4-14(25)26)29-8-5-15(27)28/h1-8,11,18-20H,9-10H2,(H,21,22)(H,23,24)(H,25,26)(H,27,28). The fraction of sp³-hybridized carbons (Fsp3) is 0.294. The minimum Gasteiger partial charge on any atom is -0.485 e. The van der Waals surface area contributed by atoms with Crippen molar-refractivity contribution in [2.24, 2.45) is 5.41 Å². The molecule has 0 radical (unpaired) electrons. The molecule has 0 aromatic rings. The largest absolute Gasteiger partial charge is 0.485 e. The summed E-state index contributed by atoms with van der Waals surface area (Å²) >= 11 is 0. The van der Waals surface area contributed by atoms with Gasteiger partial charge in [-0.2, -0.15) is 0 Å². The fourth-order valence-corrected chi connectivity index (χ4v) is 2.25. The first-order valence-corrected chi connectivity index (χ1v) is 7.69. The van der Waals surface area contributed by atoms with E-state index in [2.05, 4.69) is 0 Å². The summed E-state index contributed by atoms with van der Waals surface area (Å²) in [6.45, 7) is -2.35. The third-order valence-corrected chi connectivity index (χ3v) is 3.75. The van der Waals surface area contributed by atoms with Crippen molar-refractivity contribution in [2.75, 3.05) is 13.2 Å². The van der Waals surface area contributed by atoms with Gasteiger partial charge >= 0.3 is 23.9 Å². The van der Waals surface area contributed by atoms with Gasteiger partial charge in [0.2, 0.25) is 0 Å². The lowest BCUT2D eigenvalue weighted by Crippen LogP contribution is -2.58. The molecule has 0 fully saturated rings. The van der Waals surface area contributed by atoms with Gasteiger partial charge in [-0.15, -0.1) is 0 Å². The maximum absolute atomic E-state index is 11.0. The average Bonchev–Trinajstić information content (AvgIpc) is 2.63. The summed E-state index contributed by atoms with van der Waals surface area (Å²) in [6, 6.07) is 0. The van der Waals surface area contributed by atoms with Crippen LogP contribution in [0.25, 0.3) is 0 Å². The Morgan fingerprint density at radius 3 is 1.52 bits per heavy atom. The van der Waals surface area contributed by atoms with Crippen molar-refractivity contribution in [1.29, 1.82) is 0 Å². The number of rotatable bonds is 13. The second-order valence-corrected chi connectivity index (χ2v) is 5.51. The van der Waals surface area contributed by atoms with E-state index in [1.807, 2.05) is 0 Å². The van der Waals surface area contributed by atoms with E-state index in [1.54, 1.807) is 0 Å². The molecule has 0 saturated carbocycles. The maximum Gasteiger partial charge on any atom is 0.331 e. The number of carbonyl (C=O) groups is 4. The molecule has 0 heterocycles. The van der Waals surface area contributed by atoms with Crippen molar-refractivity contribution < 1.29 is 59.7 Å². The van der Waals surface area contributed by atoms with Crippen molar-refractivity contribution in [1.82, 2.24) is 0 Å². The molecule has 29 heavy (non-hydrogen) atoms. The zero-order valence-electron chi connectivity index (χ0n) is 14.8. The molecule has 0 aliphatic heterocycles. The molecule has 0 aliphatic rings. The van der Waals surface area contributed by atoms with Crippen LogP contribution in [0.4, 0.5) is 0 Å². The normalized spacial score (nSPS) is 15.7. The molecule has 1 atom stereocenters. The highest BCUT2D eigenvalue weighted by Crippen LogP contribution is 2.41. The molecule has 12 heteroatoms. The quantitative estimate of drug-likeness (QED) is 0.136. The number of hydrogen-bond acceptors (Lipinski definition) is 8. The summed E-state index contributed by atoms with van der Waals surface area (Å²) in [5.74, 6) is -6.14. The Bertz CT molecular complexity index is 703. The van der Waals surface area contributed by atoms with Gasteiger partial charge in [0, 0.05) is 18.2 Å². The lowest BCUT2D eigenvalue weighted by Gasteiger charge is -2.46. The van der Waals surface area contributed by atoms with Gasteiger partial charge in [-0.1, -0.05) is 0 Å². The van der Waals surface area contributed by atoms with Crippen molar-refractivity contribution in [3.05, 3.63) is 48.8 Å². The van der Waals surface area contributed by atoms with Crippen LogP contribution in [0.2, 0.25) is 0 Å². The number of ether oxygens (including phenoxy) is 1. The summed E-state index contributed by atoms with van der Waals surface area (Å²) in [7, 11) is 0. The predicted molar refractivity (Wildman–Crippen MR) is 93.5 cm³/mol. The lowest BCUT2D eigenvalue weighted by molar-refractivity contribution is -0.138. The molecule has 1 unspecified atom stereocenters. The lowest BCUT2D eigenvalue weighted by atomic mass is 9.67. The molecule has 7 N–H and O–H groups in total. The van der Waals surface area contributed by atoms with E-state index in [9.17, 15) is 34.5 Å². The zero-order valence-corrected chi connectivity index (χ0v) is 14.8. The molecular formula is C17H20O12.